The molecule has 0 radical (unpaired) electrons. The third kappa shape index (κ3) is 11.1. The lowest BCUT2D eigenvalue weighted by Gasteiger charge is -2.30. The molecule has 1 fully saturated rings. The van der Waals surface area contributed by atoms with Gasteiger partial charge in [0.15, 0.2) is 5.79 Å². The van der Waals surface area contributed by atoms with Crippen LogP contribution in [0.25, 0.3) is 0 Å². The van der Waals surface area contributed by atoms with Gasteiger partial charge in [0.05, 0.1) is 13.2 Å². The number of carbonyl (C=O) groups excluding carboxylic acids is 2. The van der Waals surface area contributed by atoms with Crippen LogP contribution in [0.15, 0.2) is 42.5 Å². The molecular formula is C32H46F2N4O5. The fourth-order valence-electron chi connectivity index (χ4n) is 5.16. The van der Waals surface area contributed by atoms with Crippen LogP contribution < -0.4 is 21.7 Å². The second kappa shape index (κ2) is 17.2. The Labute approximate surface area is 253 Å². The van der Waals surface area contributed by atoms with Crippen molar-refractivity contribution in [1.29, 1.82) is 0 Å². The highest BCUT2D eigenvalue weighted by Gasteiger charge is 2.38. The van der Waals surface area contributed by atoms with Crippen LogP contribution >= 0.6 is 0 Å². The van der Waals surface area contributed by atoms with Crippen LogP contribution in [0.4, 0.5) is 13.6 Å². The Kier molecular flexibility index (Phi) is 13.8. The van der Waals surface area contributed by atoms with Crippen molar-refractivity contribution in [2.24, 2.45) is 5.73 Å². The molecule has 0 spiro atoms. The standard InChI is InChI=1S/C32H46F2N4O5/c1-4-6-11-32(41-13-14-42-32)12-10-28(38-31(40)36-3)30(39)43-29(21-37-20-23-9-7-8-22(5-2)15-23)27(35)18-24-16-25(33)19-26(34)17-24/h7-9,15-17,19,27-29,37H,4-6,10-14,18,20-21,35H2,1-3H3,(H2,36,38,40)/t27-,28+,29+/m0/s1. The Bertz CT molecular complexity index is 1160. The number of ether oxygens (including phenoxy) is 3. The van der Waals surface area contributed by atoms with Crippen LogP contribution in [0.2, 0.25) is 0 Å². The van der Waals surface area contributed by atoms with Crippen LogP contribution in [0.1, 0.15) is 62.6 Å². The van der Waals surface area contributed by atoms with E-state index in [1.807, 2.05) is 12.1 Å². The summed E-state index contributed by atoms with van der Waals surface area (Å²) in [6, 6.07) is 8.99. The Morgan fingerprint density at radius 3 is 2.37 bits per heavy atom. The molecule has 2 aromatic rings. The minimum absolute atomic E-state index is 0.0645. The number of nitrogens with one attached hydrogen (secondary N) is 3. The summed E-state index contributed by atoms with van der Waals surface area (Å²) in [5, 5.41) is 8.45. The predicted molar refractivity (Wildman–Crippen MR) is 160 cm³/mol. The highest BCUT2D eigenvalue weighted by atomic mass is 19.1. The molecule has 2 aromatic carbocycles. The smallest absolute Gasteiger partial charge is 0.329 e. The summed E-state index contributed by atoms with van der Waals surface area (Å²) >= 11 is 0. The molecular weight excluding hydrogens is 558 g/mol. The molecule has 3 rings (SSSR count). The summed E-state index contributed by atoms with van der Waals surface area (Å²) in [5.41, 5.74) is 9.09. The van der Waals surface area contributed by atoms with Gasteiger partial charge in [0, 0.05) is 45.1 Å². The minimum Gasteiger partial charge on any atom is -0.458 e. The van der Waals surface area contributed by atoms with Gasteiger partial charge in [0.1, 0.15) is 23.8 Å². The number of amides is 2. The average Bonchev–Trinajstić information content (AvgIpc) is 3.46. The zero-order valence-corrected chi connectivity index (χ0v) is 25.4. The molecule has 0 saturated carbocycles. The van der Waals surface area contributed by atoms with Gasteiger partial charge in [-0.2, -0.15) is 0 Å². The number of nitrogens with two attached hydrogens (primary N) is 1. The molecule has 0 bridgehead atoms. The van der Waals surface area contributed by atoms with Crippen molar-refractivity contribution >= 4 is 12.0 Å². The SMILES string of the molecule is CCCCC1(CC[C@@H](NC(=O)NC)C(=O)O[C@H](CNCc2cccc(CC)c2)[C@@H](N)Cc2cc(F)cc(F)c2)OCCO1. The monoisotopic (exact) mass is 604 g/mol. The van der Waals surface area contributed by atoms with E-state index in [0.717, 1.165) is 30.9 Å². The van der Waals surface area contributed by atoms with Crippen LogP contribution in [-0.2, 0) is 38.4 Å². The molecule has 1 aliphatic heterocycles. The van der Waals surface area contributed by atoms with E-state index in [9.17, 15) is 18.4 Å². The van der Waals surface area contributed by atoms with Crippen molar-refractivity contribution in [3.05, 3.63) is 70.8 Å². The second-order valence-corrected chi connectivity index (χ2v) is 11.0. The van der Waals surface area contributed by atoms with Gasteiger partial charge in [-0.05, 0) is 54.5 Å². The first-order valence-electron chi connectivity index (χ1n) is 15.1. The van der Waals surface area contributed by atoms with Crippen molar-refractivity contribution in [2.75, 3.05) is 26.8 Å². The van der Waals surface area contributed by atoms with Crippen LogP contribution in [0.3, 0.4) is 0 Å². The van der Waals surface area contributed by atoms with Crippen LogP contribution in [0, 0.1) is 11.6 Å². The van der Waals surface area contributed by atoms with E-state index in [1.54, 1.807) is 0 Å². The summed E-state index contributed by atoms with van der Waals surface area (Å²) < 4.78 is 45.5. The minimum atomic E-state index is -1.01. The number of aryl methyl sites for hydroxylation is 1. The Morgan fingerprint density at radius 2 is 1.72 bits per heavy atom. The maximum absolute atomic E-state index is 13.9. The lowest BCUT2D eigenvalue weighted by molar-refractivity contribution is -0.171. The van der Waals surface area contributed by atoms with Crippen LogP contribution in [-0.4, -0.2) is 62.8 Å². The zero-order chi connectivity index (χ0) is 31.2. The lowest BCUT2D eigenvalue weighted by atomic mass is 9.99. The molecule has 0 unspecified atom stereocenters. The first-order valence-corrected chi connectivity index (χ1v) is 15.1. The number of carbonyl (C=O) groups is 2. The first kappa shape index (κ1) is 34.4. The zero-order valence-electron chi connectivity index (χ0n) is 25.4. The molecule has 2 amide bonds. The normalized spacial score (nSPS) is 16.3. The van der Waals surface area contributed by atoms with E-state index in [0.29, 0.717) is 38.2 Å². The third-order valence-corrected chi connectivity index (χ3v) is 7.57. The number of hydrogen-bond acceptors (Lipinski definition) is 7. The summed E-state index contributed by atoms with van der Waals surface area (Å²) in [7, 11) is 1.46. The molecule has 0 aliphatic carbocycles. The van der Waals surface area contributed by atoms with Crippen molar-refractivity contribution in [3.63, 3.8) is 0 Å². The maximum atomic E-state index is 13.9. The van der Waals surface area contributed by atoms with Crippen molar-refractivity contribution in [2.45, 2.75) is 89.3 Å². The number of unbranched alkanes of at least 4 members (excludes halogenated alkanes) is 1. The number of rotatable bonds is 17. The predicted octanol–water partition coefficient (Wildman–Crippen LogP) is 4.11. The molecule has 0 aromatic heterocycles. The van der Waals surface area contributed by atoms with E-state index >= 15 is 0 Å². The summed E-state index contributed by atoms with van der Waals surface area (Å²) in [4.78, 5) is 25.8. The van der Waals surface area contributed by atoms with Crippen LogP contribution in [0.5, 0.6) is 0 Å². The van der Waals surface area contributed by atoms with Gasteiger partial charge in [-0.3, -0.25) is 0 Å². The van der Waals surface area contributed by atoms with E-state index in [1.165, 1.54) is 24.7 Å². The van der Waals surface area contributed by atoms with E-state index in [-0.39, 0.29) is 19.4 Å². The topological polar surface area (TPSA) is 124 Å². The third-order valence-electron chi connectivity index (χ3n) is 7.57. The van der Waals surface area contributed by atoms with Gasteiger partial charge in [0.25, 0.3) is 0 Å². The number of hydrogen-bond donors (Lipinski definition) is 4. The Balaban J connectivity index is 1.75. The van der Waals surface area contributed by atoms with E-state index < -0.39 is 47.6 Å². The van der Waals surface area contributed by atoms with Gasteiger partial charge >= 0.3 is 12.0 Å². The number of halogens is 2. The summed E-state index contributed by atoms with van der Waals surface area (Å²) in [5.74, 6) is -2.92. The second-order valence-electron chi connectivity index (χ2n) is 11.0. The molecule has 5 N–H and O–H groups in total. The molecule has 1 aliphatic rings. The fraction of sp³-hybridized carbons (Fsp3) is 0.562. The van der Waals surface area contributed by atoms with Gasteiger partial charge in [-0.25, -0.2) is 18.4 Å². The van der Waals surface area contributed by atoms with Gasteiger partial charge in [-0.1, -0.05) is 44.5 Å². The molecule has 11 heteroatoms. The fourth-order valence-corrected chi connectivity index (χ4v) is 5.16. The van der Waals surface area contributed by atoms with E-state index in [2.05, 4.69) is 41.9 Å². The summed E-state index contributed by atoms with van der Waals surface area (Å²) in [6.45, 7) is 5.76. The molecule has 1 saturated heterocycles. The average molecular weight is 605 g/mol. The molecule has 43 heavy (non-hydrogen) atoms. The van der Waals surface area contributed by atoms with Crippen molar-refractivity contribution in [3.8, 4) is 0 Å². The number of urea groups is 1. The van der Waals surface area contributed by atoms with Crippen molar-refractivity contribution in [1.82, 2.24) is 16.0 Å². The molecule has 1 heterocycles. The summed E-state index contributed by atoms with van der Waals surface area (Å²) in [6.07, 6.45) is 3.21. The number of esters is 1. The highest BCUT2D eigenvalue weighted by Crippen LogP contribution is 2.31. The first-order chi connectivity index (χ1) is 20.7. The number of benzene rings is 2. The highest BCUT2D eigenvalue weighted by molar-refractivity contribution is 5.83. The van der Waals surface area contributed by atoms with Gasteiger partial charge in [-0.15, -0.1) is 0 Å². The molecule has 238 valence electrons. The maximum Gasteiger partial charge on any atom is 0.329 e. The largest absolute Gasteiger partial charge is 0.458 e. The molecule has 3 atom stereocenters. The Morgan fingerprint density at radius 1 is 1.02 bits per heavy atom. The van der Waals surface area contributed by atoms with Crippen molar-refractivity contribution < 1.29 is 32.6 Å². The van der Waals surface area contributed by atoms with E-state index in [4.69, 9.17) is 19.9 Å². The quantitative estimate of drug-likeness (QED) is 0.201. The van der Waals surface area contributed by atoms with Gasteiger partial charge in [0.2, 0.25) is 0 Å². The van der Waals surface area contributed by atoms with Gasteiger partial charge < -0.3 is 35.9 Å². The molecule has 9 nitrogen and oxygen atoms in total. The Hall–Kier alpha value is -3.12. The lowest BCUT2D eigenvalue weighted by Crippen LogP contribution is -2.51.